The van der Waals surface area contributed by atoms with Crippen molar-refractivity contribution in [2.45, 2.75) is 64.2 Å². The normalized spacial score (nSPS) is 14.4. The van der Waals surface area contributed by atoms with Gasteiger partial charge in [-0.2, -0.15) is 0 Å². The van der Waals surface area contributed by atoms with Crippen LogP contribution in [-0.4, -0.2) is 19.5 Å². The predicted molar refractivity (Wildman–Crippen MR) is 152 cm³/mol. The summed E-state index contributed by atoms with van der Waals surface area (Å²) in [6, 6.07) is 31.5. The van der Waals surface area contributed by atoms with Gasteiger partial charge in [0.25, 0.3) is 8.32 Å². The van der Waals surface area contributed by atoms with E-state index in [2.05, 4.69) is 113 Å². The SMILES string of the molecule is C/C=C/[C@@H](CC/C=C\C[C@H](O)c1ccccc1)O[Si](c1ccccc1)(c1ccccc1)C(C)(C)C. The summed E-state index contributed by atoms with van der Waals surface area (Å²) in [7, 11) is -2.60. The zero-order valence-corrected chi connectivity index (χ0v) is 22.6. The van der Waals surface area contributed by atoms with E-state index in [0.717, 1.165) is 18.4 Å². The molecule has 35 heavy (non-hydrogen) atoms. The van der Waals surface area contributed by atoms with Gasteiger partial charge in [0.2, 0.25) is 0 Å². The topological polar surface area (TPSA) is 29.5 Å². The van der Waals surface area contributed by atoms with Crippen molar-refractivity contribution in [2.24, 2.45) is 0 Å². The number of hydrogen-bond acceptors (Lipinski definition) is 2. The number of allylic oxidation sites excluding steroid dienone is 2. The van der Waals surface area contributed by atoms with Gasteiger partial charge in [-0.1, -0.05) is 136 Å². The van der Waals surface area contributed by atoms with Crippen LogP contribution in [0, 0.1) is 0 Å². The first kappa shape index (κ1) is 26.9. The monoisotopic (exact) mass is 484 g/mol. The zero-order valence-electron chi connectivity index (χ0n) is 21.6. The molecule has 0 radical (unpaired) electrons. The van der Waals surface area contributed by atoms with Crippen molar-refractivity contribution in [1.82, 2.24) is 0 Å². The Labute approximate surface area is 213 Å². The van der Waals surface area contributed by atoms with Crippen molar-refractivity contribution < 1.29 is 9.53 Å². The lowest BCUT2D eigenvalue weighted by atomic mass is 10.1. The molecule has 0 saturated carbocycles. The van der Waals surface area contributed by atoms with Crippen LogP contribution in [0.4, 0.5) is 0 Å². The molecule has 0 aliphatic heterocycles. The number of hydrogen-bond donors (Lipinski definition) is 1. The Hall–Kier alpha value is -2.72. The highest BCUT2D eigenvalue weighted by atomic mass is 28.4. The highest BCUT2D eigenvalue weighted by Crippen LogP contribution is 2.38. The van der Waals surface area contributed by atoms with Crippen LogP contribution >= 0.6 is 0 Å². The zero-order chi connectivity index (χ0) is 25.2. The lowest BCUT2D eigenvalue weighted by Crippen LogP contribution is -2.67. The number of aliphatic hydroxyl groups excluding tert-OH is 1. The van der Waals surface area contributed by atoms with Gasteiger partial charge in [-0.05, 0) is 47.2 Å². The maximum Gasteiger partial charge on any atom is 0.261 e. The van der Waals surface area contributed by atoms with Crippen LogP contribution in [0.3, 0.4) is 0 Å². The van der Waals surface area contributed by atoms with Crippen LogP contribution < -0.4 is 10.4 Å². The van der Waals surface area contributed by atoms with E-state index in [4.69, 9.17) is 4.43 Å². The minimum Gasteiger partial charge on any atom is -0.401 e. The Morgan fingerprint density at radius 2 is 1.31 bits per heavy atom. The summed E-state index contributed by atoms with van der Waals surface area (Å²) in [5.74, 6) is 0. The third-order valence-corrected chi connectivity index (χ3v) is 11.5. The molecule has 0 fully saturated rings. The third-order valence-electron chi connectivity index (χ3n) is 6.48. The number of benzene rings is 3. The fraction of sp³-hybridized carbons (Fsp3) is 0.312. The van der Waals surface area contributed by atoms with Gasteiger partial charge in [0, 0.05) is 0 Å². The average Bonchev–Trinajstić information content (AvgIpc) is 2.87. The molecule has 3 heteroatoms. The molecule has 1 N–H and O–H groups in total. The van der Waals surface area contributed by atoms with Crippen molar-refractivity contribution in [2.75, 3.05) is 0 Å². The fourth-order valence-electron chi connectivity index (χ4n) is 4.74. The van der Waals surface area contributed by atoms with Crippen LogP contribution in [0.15, 0.2) is 115 Å². The summed E-state index contributed by atoms with van der Waals surface area (Å²) >= 11 is 0. The second kappa shape index (κ2) is 12.8. The second-order valence-electron chi connectivity index (χ2n) is 10.1. The Kier molecular flexibility index (Phi) is 9.85. The molecule has 3 aromatic carbocycles. The minimum atomic E-state index is -2.60. The van der Waals surface area contributed by atoms with Crippen molar-refractivity contribution >= 4 is 18.7 Å². The van der Waals surface area contributed by atoms with Crippen LogP contribution in [0.2, 0.25) is 5.04 Å². The van der Waals surface area contributed by atoms with E-state index in [-0.39, 0.29) is 11.1 Å². The highest BCUT2D eigenvalue weighted by Gasteiger charge is 2.51. The maximum atomic E-state index is 10.4. The predicted octanol–water partition coefficient (Wildman–Crippen LogP) is 6.97. The minimum absolute atomic E-state index is 0.00926. The lowest BCUT2D eigenvalue weighted by Gasteiger charge is -2.44. The lowest BCUT2D eigenvalue weighted by molar-refractivity contribution is 0.181. The molecule has 3 aromatic rings. The quantitative estimate of drug-likeness (QED) is 0.235. The van der Waals surface area contributed by atoms with Crippen molar-refractivity contribution in [1.29, 1.82) is 0 Å². The van der Waals surface area contributed by atoms with Crippen LogP contribution in [0.1, 0.15) is 58.6 Å². The van der Waals surface area contributed by atoms with E-state index in [0.29, 0.717) is 6.42 Å². The van der Waals surface area contributed by atoms with Crippen molar-refractivity contribution in [3.63, 3.8) is 0 Å². The highest BCUT2D eigenvalue weighted by molar-refractivity contribution is 6.99. The van der Waals surface area contributed by atoms with Gasteiger partial charge >= 0.3 is 0 Å². The molecule has 0 amide bonds. The van der Waals surface area contributed by atoms with Gasteiger partial charge in [0.15, 0.2) is 0 Å². The van der Waals surface area contributed by atoms with E-state index >= 15 is 0 Å². The number of aliphatic hydroxyl groups is 1. The summed E-state index contributed by atoms with van der Waals surface area (Å²) in [5.41, 5.74) is 0.957. The largest absolute Gasteiger partial charge is 0.401 e. The van der Waals surface area contributed by atoms with E-state index in [1.165, 1.54) is 10.4 Å². The fourth-order valence-corrected chi connectivity index (χ4v) is 9.41. The van der Waals surface area contributed by atoms with Crippen molar-refractivity contribution in [3.8, 4) is 0 Å². The summed E-state index contributed by atoms with van der Waals surface area (Å²) in [5, 5.41) is 13.0. The van der Waals surface area contributed by atoms with E-state index in [1.54, 1.807) is 0 Å². The number of rotatable bonds is 11. The molecular weight excluding hydrogens is 444 g/mol. The van der Waals surface area contributed by atoms with Gasteiger partial charge in [-0.25, -0.2) is 0 Å². The molecule has 0 bridgehead atoms. The maximum absolute atomic E-state index is 10.4. The summed E-state index contributed by atoms with van der Waals surface area (Å²) in [6.45, 7) is 9.01. The Balaban J connectivity index is 1.80. The molecule has 0 spiro atoms. The van der Waals surface area contributed by atoms with Gasteiger partial charge in [0.1, 0.15) is 0 Å². The van der Waals surface area contributed by atoms with Gasteiger partial charge < -0.3 is 9.53 Å². The molecular formula is C32H40O2Si. The summed E-state index contributed by atoms with van der Waals surface area (Å²) in [4.78, 5) is 0. The first-order valence-corrected chi connectivity index (χ1v) is 14.6. The molecule has 184 valence electrons. The first-order valence-electron chi connectivity index (χ1n) is 12.7. The first-order chi connectivity index (χ1) is 16.9. The molecule has 0 aliphatic rings. The average molecular weight is 485 g/mol. The van der Waals surface area contributed by atoms with E-state index < -0.39 is 14.4 Å². The Morgan fingerprint density at radius 1 is 0.800 bits per heavy atom. The Morgan fingerprint density at radius 3 is 1.80 bits per heavy atom. The van der Waals surface area contributed by atoms with Crippen molar-refractivity contribution in [3.05, 3.63) is 121 Å². The van der Waals surface area contributed by atoms with Gasteiger partial charge in [-0.3, -0.25) is 0 Å². The third kappa shape index (κ3) is 6.91. The van der Waals surface area contributed by atoms with Crippen LogP contribution in [-0.2, 0) is 4.43 Å². The smallest absolute Gasteiger partial charge is 0.261 e. The van der Waals surface area contributed by atoms with Gasteiger partial charge in [-0.15, -0.1) is 0 Å². The molecule has 0 saturated heterocycles. The second-order valence-corrected chi connectivity index (χ2v) is 14.3. The molecule has 0 unspecified atom stereocenters. The van der Waals surface area contributed by atoms with Crippen LogP contribution in [0.5, 0.6) is 0 Å². The van der Waals surface area contributed by atoms with Gasteiger partial charge in [0.05, 0.1) is 12.2 Å². The molecule has 0 aromatic heterocycles. The molecule has 0 heterocycles. The van der Waals surface area contributed by atoms with E-state index in [9.17, 15) is 5.11 Å². The Bertz CT molecular complexity index is 1010. The standard InChI is InChI=1S/C32H40O2Si/c1-5-18-28(21-12-7-17-26-31(33)27-19-10-6-11-20-27)34-35(32(2,3)4,29-22-13-8-14-23-29)30-24-15-9-16-25-30/h5-11,13-20,22-25,28,31,33H,12,21,26H2,1-4H3/b17-7-,18-5+/t28-,31-/m0/s1. The molecule has 2 atom stereocenters. The van der Waals surface area contributed by atoms with E-state index in [1.807, 2.05) is 30.3 Å². The van der Waals surface area contributed by atoms with Crippen LogP contribution in [0.25, 0.3) is 0 Å². The molecule has 2 nitrogen and oxygen atoms in total. The summed E-state index contributed by atoms with van der Waals surface area (Å²) in [6.07, 6.45) is 10.5. The molecule has 3 rings (SSSR count). The summed E-state index contributed by atoms with van der Waals surface area (Å²) < 4.78 is 7.28. The molecule has 0 aliphatic carbocycles.